The van der Waals surface area contributed by atoms with E-state index in [9.17, 15) is 26.6 Å². The standard InChI is InChI=1S/C23H19F2N4O7PS/c1-13(22(30)28-23(26)27)10-14-11-19(24)21(20(25)12-14)35-16-6-8-18(9-7-16)38(33,34)29-15-2-4-17(5-3-15)36-37(31)32/h2-12,29H,1H3,(H4-,26,27,28,30,31,32)/p+1/b13-10+. The number of halogens is 2. The van der Waals surface area contributed by atoms with Gasteiger partial charge in [0.15, 0.2) is 29.1 Å². The number of rotatable bonds is 9. The Hall–Kier alpha value is -4.39. The summed E-state index contributed by atoms with van der Waals surface area (Å²) >= 11 is 0. The van der Waals surface area contributed by atoms with Gasteiger partial charge in [-0.3, -0.25) is 9.52 Å². The van der Waals surface area contributed by atoms with Crippen LogP contribution in [0.3, 0.4) is 0 Å². The molecule has 3 aromatic rings. The molecule has 6 N–H and O–H groups in total. The van der Waals surface area contributed by atoms with E-state index in [0.717, 1.165) is 24.3 Å². The van der Waals surface area contributed by atoms with E-state index in [1.165, 1.54) is 49.4 Å². The Morgan fingerprint density at radius 1 is 1.03 bits per heavy atom. The summed E-state index contributed by atoms with van der Waals surface area (Å²) in [6.45, 7) is 1.36. The third-order valence-corrected chi connectivity index (χ3v) is 6.38. The third kappa shape index (κ3) is 7.56. The molecule has 3 rings (SSSR count). The topological polar surface area (TPSA) is 183 Å². The number of guanidine groups is 1. The van der Waals surface area contributed by atoms with Gasteiger partial charge in [-0.25, -0.2) is 21.7 Å². The molecule has 0 bridgehead atoms. The van der Waals surface area contributed by atoms with Gasteiger partial charge in [-0.15, -0.1) is 4.89 Å². The first kappa shape index (κ1) is 28.2. The van der Waals surface area contributed by atoms with Crippen molar-refractivity contribution < 1.29 is 40.7 Å². The number of hydrogen-bond acceptors (Lipinski definition) is 6. The molecular formula is C23H20F2N4O7PS+. The molecule has 198 valence electrons. The molecule has 0 aliphatic heterocycles. The minimum Gasteiger partial charge on any atom is -0.451 e. The molecule has 0 aliphatic rings. The van der Waals surface area contributed by atoms with Crippen LogP contribution in [-0.2, 0) is 19.4 Å². The number of aliphatic imine (C=N–C) groups is 1. The predicted octanol–water partition coefficient (Wildman–Crippen LogP) is 3.79. The highest BCUT2D eigenvalue weighted by Crippen LogP contribution is 2.31. The largest absolute Gasteiger partial charge is 0.747 e. The maximum Gasteiger partial charge on any atom is 0.747 e. The molecule has 38 heavy (non-hydrogen) atoms. The number of nitrogens with one attached hydrogen (secondary N) is 1. The van der Waals surface area contributed by atoms with E-state index in [2.05, 4.69) is 14.2 Å². The second-order valence-electron chi connectivity index (χ2n) is 7.52. The van der Waals surface area contributed by atoms with E-state index in [0.29, 0.717) is 0 Å². The summed E-state index contributed by atoms with van der Waals surface area (Å²) in [4.78, 5) is 23.7. The smallest absolute Gasteiger partial charge is 0.451 e. The zero-order chi connectivity index (χ0) is 28.0. The number of nitrogens with zero attached hydrogens (tertiary/aromatic N) is 1. The number of benzene rings is 3. The summed E-state index contributed by atoms with van der Waals surface area (Å²) in [5, 5.41) is 0. The van der Waals surface area contributed by atoms with Crippen LogP contribution in [0.1, 0.15) is 12.5 Å². The summed E-state index contributed by atoms with van der Waals surface area (Å²) in [7, 11) is -6.91. The Bertz CT molecular complexity index is 1520. The fourth-order valence-electron chi connectivity index (χ4n) is 2.97. The lowest BCUT2D eigenvalue weighted by Crippen LogP contribution is -2.24. The molecule has 11 nitrogen and oxygen atoms in total. The van der Waals surface area contributed by atoms with Gasteiger partial charge in [-0.05, 0) is 79.2 Å². The van der Waals surface area contributed by atoms with E-state index in [-0.39, 0.29) is 33.2 Å². The van der Waals surface area contributed by atoms with Gasteiger partial charge in [0.05, 0.1) is 4.90 Å². The summed E-state index contributed by atoms with van der Waals surface area (Å²) in [5.74, 6) is -4.11. The minimum absolute atomic E-state index is 0.0151. The molecule has 0 saturated carbocycles. The van der Waals surface area contributed by atoms with Gasteiger partial charge in [0, 0.05) is 15.8 Å². The Labute approximate surface area is 216 Å². The number of sulfonamides is 1. The number of anilines is 1. The molecule has 0 aliphatic carbocycles. The first-order chi connectivity index (χ1) is 17.8. The first-order valence-corrected chi connectivity index (χ1v) is 13.0. The van der Waals surface area contributed by atoms with Crippen molar-refractivity contribution in [1.29, 1.82) is 0 Å². The molecule has 1 unspecified atom stereocenters. The first-order valence-electron chi connectivity index (χ1n) is 10.4. The Morgan fingerprint density at radius 2 is 1.58 bits per heavy atom. The third-order valence-electron chi connectivity index (χ3n) is 4.62. The summed E-state index contributed by atoms with van der Waals surface area (Å²) in [6.07, 6.45) is 1.19. The van der Waals surface area contributed by atoms with Crippen LogP contribution in [0, 0.1) is 11.6 Å². The summed E-state index contributed by atoms with van der Waals surface area (Å²) in [5.41, 5.74) is 10.5. The molecule has 3 aromatic carbocycles. The average molecular weight is 565 g/mol. The highest BCUT2D eigenvalue weighted by atomic mass is 32.2. The molecule has 0 saturated heterocycles. The quantitative estimate of drug-likeness (QED) is 0.130. The van der Waals surface area contributed by atoms with Crippen LogP contribution in [-0.4, -0.2) is 25.2 Å². The molecule has 0 radical (unpaired) electrons. The lowest BCUT2D eigenvalue weighted by atomic mass is 10.1. The van der Waals surface area contributed by atoms with Crippen LogP contribution in [0.15, 0.2) is 76.1 Å². The Morgan fingerprint density at radius 3 is 2.11 bits per heavy atom. The van der Waals surface area contributed by atoms with Crippen LogP contribution in [0.4, 0.5) is 14.5 Å². The molecule has 1 atom stereocenters. The van der Waals surface area contributed by atoms with Crippen molar-refractivity contribution >= 4 is 41.9 Å². The van der Waals surface area contributed by atoms with Crippen LogP contribution < -0.4 is 25.5 Å². The maximum absolute atomic E-state index is 14.6. The van der Waals surface area contributed by atoms with E-state index >= 15 is 0 Å². The Kier molecular flexibility index (Phi) is 8.73. The average Bonchev–Trinajstić information content (AvgIpc) is 2.82. The van der Waals surface area contributed by atoms with Gasteiger partial charge in [0.1, 0.15) is 5.75 Å². The second kappa shape index (κ2) is 11.8. The maximum atomic E-state index is 14.6. The fourth-order valence-corrected chi connectivity index (χ4v) is 4.33. The summed E-state index contributed by atoms with van der Waals surface area (Å²) < 4.78 is 77.3. The number of carbonyl (C=O) groups is 1. The SMILES string of the molecule is C/C(=C\c1cc(F)c(Oc2ccc(S(=O)(=O)Nc3ccc(O[P+](=O)O)cc3)cc2)c(F)c1)C(=O)N=C(N)N. The van der Waals surface area contributed by atoms with Gasteiger partial charge in [-0.2, -0.15) is 4.99 Å². The van der Waals surface area contributed by atoms with Gasteiger partial charge >= 0.3 is 8.25 Å². The van der Waals surface area contributed by atoms with Gasteiger partial charge in [0.25, 0.3) is 15.9 Å². The zero-order valence-corrected chi connectivity index (χ0v) is 21.2. The monoisotopic (exact) mass is 565 g/mol. The second-order valence-corrected chi connectivity index (χ2v) is 9.86. The van der Waals surface area contributed by atoms with Crippen molar-refractivity contribution in [3.63, 3.8) is 0 Å². The number of carbonyl (C=O) groups excluding carboxylic acids is 1. The van der Waals surface area contributed by atoms with Gasteiger partial charge in [0.2, 0.25) is 0 Å². The van der Waals surface area contributed by atoms with Crippen molar-refractivity contribution in [3.8, 4) is 17.2 Å². The van der Waals surface area contributed by atoms with Crippen LogP contribution in [0.2, 0.25) is 0 Å². The van der Waals surface area contributed by atoms with E-state index in [4.69, 9.17) is 21.1 Å². The van der Waals surface area contributed by atoms with E-state index < -0.39 is 47.5 Å². The minimum atomic E-state index is -4.05. The van der Waals surface area contributed by atoms with Gasteiger partial charge in [-0.1, -0.05) is 0 Å². The van der Waals surface area contributed by atoms with Crippen molar-refractivity contribution in [3.05, 3.63) is 83.4 Å². The number of nitrogens with two attached hydrogens (primary N) is 2. The van der Waals surface area contributed by atoms with Crippen LogP contribution in [0.5, 0.6) is 17.2 Å². The van der Waals surface area contributed by atoms with Gasteiger partial charge < -0.3 is 16.2 Å². The molecule has 0 aromatic heterocycles. The highest BCUT2D eigenvalue weighted by molar-refractivity contribution is 7.92. The van der Waals surface area contributed by atoms with Crippen LogP contribution >= 0.6 is 8.25 Å². The molecule has 0 heterocycles. The lowest BCUT2D eigenvalue weighted by molar-refractivity contribution is -0.114. The molecule has 1 amide bonds. The van der Waals surface area contributed by atoms with Crippen LogP contribution in [0.25, 0.3) is 6.08 Å². The van der Waals surface area contributed by atoms with Crippen molar-refractivity contribution in [2.45, 2.75) is 11.8 Å². The van der Waals surface area contributed by atoms with Crippen molar-refractivity contribution in [2.24, 2.45) is 16.5 Å². The summed E-state index contributed by atoms with van der Waals surface area (Å²) in [6, 6.07) is 11.8. The van der Waals surface area contributed by atoms with E-state index in [1.54, 1.807) is 0 Å². The fraction of sp³-hybridized carbons (Fsp3) is 0.0435. The highest BCUT2D eigenvalue weighted by Gasteiger charge is 2.18. The number of amides is 1. The molecule has 15 heteroatoms. The molecule has 0 fully saturated rings. The lowest BCUT2D eigenvalue weighted by Gasteiger charge is -2.11. The van der Waals surface area contributed by atoms with E-state index in [1.807, 2.05) is 0 Å². The molecular weight excluding hydrogens is 545 g/mol. The predicted molar refractivity (Wildman–Crippen MR) is 135 cm³/mol. The van der Waals surface area contributed by atoms with Crippen molar-refractivity contribution in [1.82, 2.24) is 0 Å². The van der Waals surface area contributed by atoms with Crippen molar-refractivity contribution in [2.75, 3.05) is 4.72 Å². The number of ether oxygens (including phenoxy) is 1. The Balaban J connectivity index is 1.74. The zero-order valence-electron chi connectivity index (χ0n) is 19.5. The molecule has 0 spiro atoms. The number of hydrogen-bond donors (Lipinski definition) is 4. The normalized spacial score (nSPS) is 11.9.